The van der Waals surface area contributed by atoms with Gasteiger partial charge in [0.25, 0.3) is 0 Å². The molecule has 0 amide bonds. The maximum Gasteiger partial charge on any atom is 0.0560 e. The zero-order chi connectivity index (χ0) is 22.5. The lowest BCUT2D eigenvalue weighted by Crippen LogP contribution is -2.37. The Morgan fingerprint density at radius 1 is 0.424 bits per heavy atom. The molecule has 0 saturated heterocycles. The topological polar surface area (TPSA) is 0 Å². The highest BCUT2D eigenvalue weighted by molar-refractivity contribution is 6.30. The van der Waals surface area contributed by atoms with Gasteiger partial charge in [0.15, 0.2) is 0 Å². The molecule has 5 rings (SSSR count). The van der Waals surface area contributed by atoms with Crippen LogP contribution in [0.25, 0.3) is 0 Å². The van der Waals surface area contributed by atoms with Crippen molar-refractivity contribution in [2.45, 2.75) is 11.3 Å². The van der Waals surface area contributed by atoms with Crippen molar-refractivity contribution < 1.29 is 0 Å². The van der Waals surface area contributed by atoms with Crippen LogP contribution in [-0.2, 0) is 5.41 Å². The largest absolute Gasteiger partial charge is 0.0843 e. The van der Waals surface area contributed by atoms with Crippen molar-refractivity contribution in [3.05, 3.63) is 178 Å². The van der Waals surface area contributed by atoms with E-state index in [1.807, 2.05) is 6.07 Å². The summed E-state index contributed by atoms with van der Waals surface area (Å²) in [7, 11) is 0. The Morgan fingerprint density at radius 3 is 1.24 bits per heavy atom. The minimum Gasteiger partial charge on any atom is -0.0843 e. The van der Waals surface area contributed by atoms with E-state index >= 15 is 0 Å². The first-order valence-electron chi connectivity index (χ1n) is 11.3. The molecule has 0 saturated carbocycles. The second-order valence-electron chi connectivity index (χ2n) is 8.30. The zero-order valence-electron chi connectivity index (χ0n) is 18.3. The van der Waals surface area contributed by atoms with Crippen molar-refractivity contribution in [2.24, 2.45) is 0 Å². The molecule has 5 aromatic carbocycles. The Morgan fingerprint density at radius 2 is 0.818 bits per heavy atom. The number of rotatable bonds is 6. The van der Waals surface area contributed by atoms with Crippen LogP contribution in [0.4, 0.5) is 0 Å². The highest BCUT2D eigenvalue weighted by atomic mass is 35.5. The highest BCUT2D eigenvalue weighted by Crippen LogP contribution is 2.52. The fourth-order valence-corrected chi connectivity index (χ4v) is 5.31. The quantitative estimate of drug-likeness (QED) is 0.230. The lowest BCUT2D eigenvalue weighted by atomic mass is 9.58. The third-order valence-electron chi connectivity index (χ3n) is 6.44. The molecule has 0 fully saturated rings. The van der Waals surface area contributed by atoms with E-state index in [2.05, 4.69) is 140 Å². The molecule has 0 aliphatic carbocycles. The van der Waals surface area contributed by atoms with E-state index in [4.69, 9.17) is 11.6 Å². The summed E-state index contributed by atoms with van der Waals surface area (Å²) in [6.07, 6.45) is 0. The number of hydrogen-bond acceptors (Lipinski definition) is 0. The molecule has 5 aromatic rings. The standard InChI is InChI=1S/C32H25Cl/c33-30-23-13-22-29(24-30)32(27-18-9-3-10-19-27,28-20-11-4-12-21-28)31(25-14-5-1-6-15-25)26-16-7-2-8-17-26/h1-24,31H. The summed E-state index contributed by atoms with van der Waals surface area (Å²) in [4.78, 5) is 0. The molecule has 0 radical (unpaired) electrons. The van der Waals surface area contributed by atoms with Gasteiger partial charge >= 0.3 is 0 Å². The molecule has 160 valence electrons. The molecular formula is C32H25Cl. The lowest BCUT2D eigenvalue weighted by molar-refractivity contribution is 0.537. The second kappa shape index (κ2) is 9.48. The molecular weight excluding hydrogens is 420 g/mol. The first kappa shape index (κ1) is 21.2. The van der Waals surface area contributed by atoms with Crippen LogP contribution in [0.2, 0.25) is 5.02 Å². The molecule has 0 bridgehead atoms. The molecule has 0 atom stereocenters. The van der Waals surface area contributed by atoms with Gasteiger partial charge in [-0.05, 0) is 39.9 Å². The fourth-order valence-electron chi connectivity index (χ4n) is 5.12. The van der Waals surface area contributed by atoms with Gasteiger partial charge in [-0.15, -0.1) is 0 Å². The van der Waals surface area contributed by atoms with Gasteiger partial charge in [0, 0.05) is 10.9 Å². The summed E-state index contributed by atoms with van der Waals surface area (Å²) < 4.78 is 0. The van der Waals surface area contributed by atoms with Crippen molar-refractivity contribution in [2.75, 3.05) is 0 Å². The van der Waals surface area contributed by atoms with Crippen LogP contribution in [0, 0.1) is 0 Å². The van der Waals surface area contributed by atoms with Crippen LogP contribution >= 0.6 is 11.6 Å². The molecule has 0 unspecified atom stereocenters. The molecule has 0 spiro atoms. The van der Waals surface area contributed by atoms with Gasteiger partial charge in [0.1, 0.15) is 0 Å². The normalized spacial score (nSPS) is 11.5. The molecule has 0 nitrogen and oxygen atoms in total. The van der Waals surface area contributed by atoms with Crippen molar-refractivity contribution in [1.29, 1.82) is 0 Å². The maximum atomic E-state index is 6.62. The first-order chi connectivity index (χ1) is 16.3. The predicted molar refractivity (Wildman–Crippen MR) is 139 cm³/mol. The van der Waals surface area contributed by atoms with Gasteiger partial charge in [-0.3, -0.25) is 0 Å². The van der Waals surface area contributed by atoms with Crippen LogP contribution in [-0.4, -0.2) is 0 Å². The Hall–Kier alpha value is -3.61. The van der Waals surface area contributed by atoms with E-state index in [-0.39, 0.29) is 5.92 Å². The Labute approximate surface area is 201 Å². The molecule has 0 heterocycles. The van der Waals surface area contributed by atoms with E-state index in [0.29, 0.717) is 0 Å². The Balaban J connectivity index is 1.96. The van der Waals surface area contributed by atoms with Crippen LogP contribution in [0.3, 0.4) is 0 Å². The highest BCUT2D eigenvalue weighted by Gasteiger charge is 2.45. The predicted octanol–water partition coefficient (Wildman–Crippen LogP) is 8.51. The van der Waals surface area contributed by atoms with Crippen LogP contribution < -0.4 is 0 Å². The molecule has 0 aliphatic rings. The minimum absolute atomic E-state index is 0.0307. The summed E-state index contributed by atoms with van der Waals surface area (Å²) in [6.45, 7) is 0. The first-order valence-corrected chi connectivity index (χ1v) is 11.6. The third kappa shape index (κ3) is 3.99. The van der Waals surface area contributed by atoms with Gasteiger partial charge in [0.05, 0.1) is 5.41 Å². The zero-order valence-corrected chi connectivity index (χ0v) is 19.1. The second-order valence-corrected chi connectivity index (χ2v) is 8.74. The van der Waals surface area contributed by atoms with Gasteiger partial charge in [-0.25, -0.2) is 0 Å². The van der Waals surface area contributed by atoms with Gasteiger partial charge in [0.2, 0.25) is 0 Å². The van der Waals surface area contributed by atoms with E-state index < -0.39 is 5.41 Å². The van der Waals surface area contributed by atoms with E-state index in [1.165, 1.54) is 27.8 Å². The van der Waals surface area contributed by atoms with Crippen LogP contribution in [0.1, 0.15) is 33.7 Å². The lowest BCUT2D eigenvalue weighted by Gasteiger charge is -2.43. The number of hydrogen-bond donors (Lipinski definition) is 0. The van der Waals surface area contributed by atoms with Crippen LogP contribution in [0.15, 0.2) is 146 Å². The van der Waals surface area contributed by atoms with Gasteiger partial charge in [-0.2, -0.15) is 0 Å². The molecule has 1 heteroatoms. The molecule has 0 aromatic heterocycles. The van der Waals surface area contributed by atoms with E-state index in [9.17, 15) is 0 Å². The van der Waals surface area contributed by atoms with Crippen molar-refractivity contribution in [3.63, 3.8) is 0 Å². The third-order valence-corrected chi connectivity index (χ3v) is 6.67. The summed E-state index contributed by atoms with van der Waals surface area (Å²) in [5.41, 5.74) is 5.67. The van der Waals surface area contributed by atoms with Crippen LogP contribution in [0.5, 0.6) is 0 Å². The Bertz CT molecular complexity index is 1220. The van der Waals surface area contributed by atoms with Crippen molar-refractivity contribution in [1.82, 2.24) is 0 Å². The summed E-state index contributed by atoms with van der Waals surface area (Å²) >= 11 is 6.62. The van der Waals surface area contributed by atoms with Gasteiger partial charge in [-0.1, -0.05) is 145 Å². The smallest absolute Gasteiger partial charge is 0.0560 e. The molecule has 0 aliphatic heterocycles. The van der Waals surface area contributed by atoms with E-state index in [0.717, 1.165) is 5.02 Å². The fraction of sp³-hybridized carbons (Fsp3) is 0.0625. The van der Waals surface area contributed by atoms with E-state index in [1.54, 1.807) is 0 Å². The summed E-state index contributed by atoms with van der Waals surface area (Å²) in [5.74, 6) is 0.0307. The number of benzene rings is 5. The maximum absolute atomic E-state index is 6.62. The monoisotopic (exact) mass is 444 g/mol. The summed E-state index contributed by atoms with van der Waals surface area (Å²) in [6, 6.07) is 51.6. The average molecular weight is 445 g/mol. The summed E-state index contributed by atoms with van der Waals surface area (Å²) in [5, 5.41) is 0.739. The number of halogens is 1. The molecule has 0 N–H and O–H groups in total. The van der Waals surface area contributed by atoms with Gasteiger partial charge < -0.3 is 0 Å². The van der Waals surface area contributed by atoms with Crippen molar-refractivity contribution in [3.8, 4) is 0 Å². The van der Waals surface area contributed by atoms with Crippen molar-refractivity contribution >= 4 is 11.6 Å². The SMILES string of the molecule is Clc1cccc(C(c2ccccc2)(c2ccccc2)C(c2ccccc2)c2ccccc2)c1. The molecule has 33 heavy (non-hydrogen) atoms. The Kier molecular flexibility index (Phi) is 6.11. The average Bonchev–Trinajstić information content (AvgIpc) is 2.89. The minimum atomic E-state index is -0.490.